The van der Waals surface area contributed by atoms with Crippen LogP contribution in [0.2, 0.25) is 0 Å². The molecule has 21 heavy (non-hydrogen) atoms. The number of hydrogen-bond donors (Lipinski definition) is 0. The molecule has 0 aliphatic heterocycles. The molecule has 108 valence electrons. The van der Waals surface area contributed by atoms with Crippen LogP contribution in [-0.2, 0) is 9.84 Å². The molecule has 0 fully saturated rings. The van der Waals surface area contributed by atoms with Crippen LogP contribution in [0.25, 0.3) is 6.08 Å². The Morgan fingerprint density at radius 2 is 1.67 bits per heavy atom. The van der Waals surface area contributed by atoms with E-state index in [0.29, 0.717) is 0 Å². The summed E-state index contributed by atoms with van der Waals surface area (Å²) in [5.41, 5.74) is 0.576. The van der Waals surface area contributed by atoms with Crippen molar-refractivity contribution < 1.29 is 13.3 Å². The maximum atomic E-state index is 12.1. The van der Waals surface area contributed by atoms with E-state index in [1.807, 2.05) is 6.07 Å². The predicted molar refractivity (Wildman–Crippen MR) is 83.5 cm³/mol. The van der Waals surface area contributed by atoms with Crippen molar-refractivity contribution in [3.05, 3.63) is 74.1 Å². The van der Waals surface area contributed by atoms with E-state index in [4.69, 9.17) is 0 Å². The molecule has 0 bridgehead atoms. The number of halogens is 1. The Hall–Kier alpha value is -1.99. The van der Waals surface area contributed by atoms with Crippen molar-refractivity contribution in [2.45, 2.75) is 4.90 Å². The first-order valence-electron chi connectivity index (χ1n) is 5.82. The van der Waals surface area contributed by atoms with Crippen LogP contribution >= 0.6 is 15.9 Å². The summed E-state index contributed by atoms with van der Waals surface area (Å²) in [4.78, 5) is 9.98. The van der Waals surface area contributed by atoms with Gasteiger partial charge in [0.15, 0.2) is 9.84 Å². The molecule has 0 aromatic heterocycles. The number of benzene rings is 2. The number of nitro benzene ring substituents is 1. The van der Waals surface area contributed by atoms with Crippen LogP contribution in [0.3, 0.4) is 0 Å². The summed E-state index contributed by atoms with van der Waals surface area (Å²) in [5.74, 6) is 0. The molecule has 0 radical (unpaired) electrons. The Morgan fingerprint density at radius 1 is 1.05 bits per heavy atom. The minimum Gasteiger partial charge on any atom is -0.258 e. The summed E-state index contributed by atoms with van der Waals surface area (Å²) in [6.07, 6.45) is 1.47. The van der Waals surface area contributed by atoms with Gasteiger partial charge in [0.1, 0.15) is 0 Å². The van der Waals surface area contributed by atoms with E-state index >= 15 is 0 Å². The van der Waals surface area contributed by atoms with Crippen LogP contribution < -0.4 is 0 Å². The van der Waals surface area contributed by atoms with Gasteiger partial charge in [0.05, 0.1) is 9.82 Å². The zero-order valence-corrected chi connectivity index (χ0v) is 13.0. The highest BCUT2D eigenvalue weighted by Gasteiger charge is 2.13. The molecule has 0 saturated carbocycles. The second-order valence-corrected chi connectivity index (χ2v) is 6.81. The number of hydrogen-bond acceptors (Lipinski definition) is 4. The van der Waals surface area contributed by atoms with E-state index in [1.54, 1.807) is 18.2 Å². The van der Waals surface area contributed by atoms with Crippen molar-refractivity contribution in [2.75, 3.05) is 0 Å². The molecule has 0 aliphatic carbocycles. The fraction of sp³-hybridized carbons (Fsp3) is 0. The molecular formula is C14H10BrNO4S. The maximum Gasteiger partial charge on any atom is 0.269 e. The van der Waals surface area contributed by atoms with Gasteiger partial charge in [-0.15, -0.1) is 0 Å². The second kappa shape index (κ2) is 6.19. The van der Waals surface area contributed by atoms with Crippen molar-refractivity contribution >= 4 is 37.5 Å². The van der Waals surface area contributed by atoms with Gasteiger partial charge in [-0.05, 0) is 29.8 Å². The van der Waals surface area contributed by atoms with Crippen LogP contribution in [0.4, 0.5) is 5.69 Å². The Bertz CT molecular complexity index is 798. The van der Waals surface area contributed by atoms with Gasteiger partial charge in [-0.25, -0.2) is 8.42 Å². The normalized spacial score (nSPS) is 11.7. The first-order valence-corrected chi connectivity index (χ1v) is 8.16. The molecule has 2 aromatic rings. The zero-order valence-electron chi connectivity index (χ0n) is 10.6. The molecule has 0 unspecified atom stereocenters. The van der Waals surface area contributed by atoms with Gasteiger partial charge in [0, 0.05) is 22.0 Å². The van der Waals surface area contributed by atoms with Crippen molar-refractivity contribution in [1.82, 2.24) is 0 Å². The monoisotopic (exact) mass is 367 g/mol. The van der Waals surface area contributed by atoms with E-state index in [9.17, 15) is 18.5 Å². The lowest BCUT2D eigenvalue weighted by atomic mass is 10.2. The minimum atomic E-state index is -3.64. The van der Waals surface area contributed by atoms with Crippen molar-refractivity contribution in [2.24, 2.45) is 0 Å². The van der Waals surface area contributed by atoms with Gasteiger partial charge >= 0.3 is 0 Å². The lowest BCUT2D eigenvalue weighted by Gasteiger charge is -2.00. The summed E-state index contributed by atoms with van der Waals surface area (Å²) in [7, 11) is -3.64. The predicted octanol–water partition coefficient (Wildman–Crippen LogP) is 3.80. The average Bonchev–Trinajstić information content (AvgIpc) is 2.46. The van der Waals surface area contributed by atoms with Gasteiger partial charge in [-0.2, -0.15) is 0 Å². The van der Waals surface area contributed by atoms with Gasteiger partial charge in [0.25, 0.3) is 5.69 Å². The fourth-order valence-corrected chi connectivity index (χ4v) is 3.02. The number of nitro groups is 1. The Labute approximate surface area is 130 Å². The molecule has 2 rings (SSSR count). The summed E-state index contributed by atoms with van der Waals surface area (Å²) in [6, 6.07) is 12.0. The van der Waals surface area contributed by atoms with Crippen LogP contribution in [-0.4, -0.2) is 13.3 Å². The van der Waals surface area contributed by atoms with Crippen LogP contribution in [0.1, 0.15) is 5.56 Å². The van der Waals surface area contributed by atoms with Crippen LogP contribution in [0.5, 0.6) is 0 Å². The molecule has 7 heteroatoms. The van der Waals surface area contributed by atoms with Gasteiger partial charge in [-0.1, -0.05) is 34.1 Å². The van der Waals surface area contributed by atoms with Gasteiger partial charge in [0.2, 0.25) is 0 Å². The van der Waals surface area contributed by atoms with E-state index in [-0.39, 0.29) is 10.6 Å². The highest BCUT2D eigenvalue weighted by Crippen LogP contribution is 2.21. The summed E-state index contributed by atoms with van der Waals surface area (Å²) >= 11 is 3.32. The van der Waals surface area contributed by atoms with E-state index in [1.165, 1.54) is 30.3 Å². The molecule has 5 nitrogen and oxygen atoms in total. The highest BCUT2D eigenvalue weighted by molar-refractivity contribution is 9.10. The quantitative estimate of drug-likeness (QED) is 0.608. The lowest BCUT2D eigenvalue weighted by molar-refractivity contribution is -0.384. The third-order valence-electron chi connectivity index (χ3n) is 2.71. The Balaban J connectivity index is 2.30. The Kier molecular flexibility index (Phi) is 4.54. The molecule has 0 saturated heterocycles. The first-order chi connectivity index (χ1) is 9.90. The van der Waals surface area contributed by atoms with E-state index in [0.717, 1.165) is 15.4 Å². The first kappa shape index (κ1) is 15.4. The summed E-state index contributed by atoms with van der Waals surface area (Å²) in [6.45, 7) is 0. The van der Waals surface area contributed by atoms with E-state index < -0.39 is 14.8 Å². The largest absolute Gasteiger partial charge is 0.269 e. The van der Waals surface area contributed by atoms with Crippen molar-refractivity contribution in [1.29, 1.82) is 0 Å². The molecule has 0 heterocycles. The van der Waals surface area contributed by atoms with Crippen molar-refractivity contribution in [3.8, 4) is 0 Å². The molecule has 0 N–H and O–H groups in total. The number of nitrogens with zero attached hydrogens (tertiary/aromatic N) is 1. The summed E-state index contributed by atoms with van der Waals surface area (Å²) < 4.78 is 25.0. The third kappa shape index (κ3) is 3.77. The van der Waals surface area contributed by atoms with Crippen LogP contribution in [0, 0.1) is 10.1 Å². The second-order valence-electron chi connectivity index (χ2n) is 4.12. The fourth-order valence-electron chi connectivity index (χ4n) is 1.61. The third-order valence-corrected chi connectivity index (χ3v) is 4.85. The lowest BCUT2D eigenvalue weighted by Crippen LogP contribution is -1.96. The molecular weight excluding hydrogens is 358 g/mol. The maximum absolute atomic E-state index is 12.1. The molecule has 0 spiro atoms. The van der Waals surface area contributed by atoms with E-state index in [2.05, 4.69) is 15.9 Å². The smallest absolute Gasteiger partial charge is 0.258 e. The number of rotatable bonds is 4. The number of sulfone groups is 1. The van der Waals surface area contributed by atoms with Crippen LogP contribution in [0.15, 0.2) is 63.3 Å². The number of non-ortho nitro benzene ring substituents is 1. The highest BCUT2D eigenvalue weighted by atomic mass is 79.9. The molecule has 0 atom stereocenters. The molecule has 0 aliphatic rings. The minimum absolute atomic E-state index is 0.0106. The summed E-state index contributed by atoms with van der Waals surface area (Å²) in [5, 5.41) is 11.6. The van der Waals surface area contributed by atoms with Crippen molar-refractivity contribution in [3.63, 3.8) is 0 Å². The topological polar surface area (TPSA) is 77.3 Å². The molecule has 2 aromatic carbocycles. The van der Waals surface area contributed by atoms with Gasteiger partial charge < -0.3 is 0 Å². The van der Waals surface area contributed by atoms with Gasteiger partial charge in [-0.3, -0.25) is 10.1 Å². The SMILES string of the molecule is O=[N+]([O-])c1ccc(S(=O)(=O)/C=C/c2ccccc2Br)cc1. The Morgan fingerprint density at radius 3 is 2.24 bits per heavy atom. The standard InChI is InChI=1S/C14H10BrNO4S/c15-14-4-2-1-3-11(14)9-10-21(19,20)13-7-5-12(6-8-13)16(17)18/h1-10H/b10-9+. The zero-order chi connectivity index (χ0) is 15.5. The average molecular weight is 368 g/mol. The molecule has 0 amide bonds.